The summed E-state index contributed by atoms with van der Waals surface area (Å²) in [6.45, 7) is 0. The van der Waals surface area contributed by atoms with Gasteiger partial charge in [0.05, 0.1) is 11.8 Å². The van der Waals surface area contributed by atoms with Gasteiger partial charge in [0.1, 0.15) is 0 Å². The zero-order chi connectivity index (χ0) is 9.71. The monoisotopic (exact) mass is 190 g/mol. The van der Waals surface area contributed by atoms with Crippen molar-refractivity contribution in [3.8, 4) is 0 Å². The highest BCUT2D eigenvalue weighted by Crippen LogP contribution is 2.44. The molecule has 3 heteroatoms. The van der Waals surface area contributed by atoms with Gasteiger partial charge in [-0.25, -0.2) is 0 Å². The number of fused-ring (bicyclic) bond motifs is 3. The molecule has 0 aromatic rings. The quantitative estimate of drug-likeness (QED) is 0.327. The predicted octanol–water partition coefficient (Wildman–Crippen LogP) is 1.21. The van der Waals surface area contributed by atoms with E-state index in [1.54, 1.807) is 0 Å². The van der Waals surface area contributed by atoms with E-state index < -0.39 is 0 Å². The third-order valence-corrected chi connectivity index (χ3v) is 3.36. The van der Waals surface area contributed by atoms with Crippen molar-refractivity contribution in [2.75, 3.05) is 0 Å². The van der Waals surface area contributed by atoms with Crippen LogP contribution in [-0.2, 0) is 14.3 Å². The summed E-state index contributed by atoms with van der Waals surface area (Å²) in [5.74, 6) is -0.995. The van der Waals surface area contributed by atoms with Gasteiger partial charge < -0.3 is 4.74 Å². The minimum absolute atomic E-state index is 0.132. The number of esters is 2. The standard InChI is InChI=1S/C11H10O3/c12-10-8-5-4-6-2-1-3-7(6)9(8)11(13)14-10/h1,3-4,7-9H,2,5H2/t7?,8-,9+/m0/s1. The van der Waals surface area contributed by atoms with E-state index in [1.807, 2.05) is 6.08 Å². The largest absolute Gasteiger partial charge is 0.393 e. The van der Waals surface area contributed by atoms with Gasteiger partial charge in [0.25, 0.3) is 0 Å². The summed E-state index contributed by atoms with van der Waals surface area (Å²) in [6, 6.07) is 0. The fourth-order valence-corrected chi connectivity index (χ4v) is 2.65. The molecular weight excluding hydrogens is 180 g/mol. The molecule has 0 bridgehead atoms. The van der Waals surface area contributed by atoms with Gasteiger partial charge in [-0.15, -0.1) is 0 Å². The SMILES string of the molecule is O=C1OC(=O)[C@@H]2C3C=CCC3=CC[C@H]12. The maximum Gasteiger partial charge on any atom is 0.318 e. The molecule has 0 saturated carbocycles. The fourth-order valence-electron chi connectivity index (χ4n) is 2.65. The highest BCUT2D eigenvalue weighted by Gasteiger charge is 2.50. The van der Waals surface area contributed by atoms with Gasteiger partial charge in [-0.05, 0) is 12.8 Å². The Morgan fingerprint density at radius 3 is 3.00 bits per heavy atom. The van der Waals surface area contributed by atoms with Gasteiger partial charge in [-0.3, -0.25) is 9.59 Å². The van der Waals surface area contributed by atoms with Gasteiger partial charge >= 0.3 is 11.9 Å². The molecule has 1 saturated heterocycles. The van der Waals surface area contributed by atoms with Crippen LogP contribution in [0.15, 0.2) is 23.8 Å². The Balaban J connectivity index is 2.03. The molecule has 0 aromatic heterocycles. The highest BCUT2D eigenvalue weighted by molar-refractivity contribution is 5.97. The second-order valence-electron chi connectivity index (χ2n) is 4.05. The molecule has 0 radical (unpaired) electrons. The number of allylic oxidation sites excluding steroid dienone is 4. The van der Waals surface area contributed by atoms with Gasteiger partial charge in [-0.2, -0.15) is 0 Å². The Hall–Kier alpha value is -1.38. The van der Waals surface area contributed by atoms with Crippen molar-refractivity contribution < 1.29 is 14.3 Å². The molecule has 2 aliphatic carbocycles. The van der Waals surface area contributed by atoms with Crippen molar-refractivity contribution in [1.82, 2.24) is 0 Å². The van der Waals surface area contributed by atoms with Gasteiger partial charge in [0.15, 0.2) is 0 Å². The van der Waals surface area contributed by atoms with Crippen molar-refractivity contribution >= 4 is 11.9 Å². The predicted molar refractivity (Wildman–Crippen MR) is 48.0 cm³/mol. The first-order valence-electron chi connectivity index (χ1n) is 4.88. The van der Waals surface area contributed by atoms with E-state index in [-0.39, 0.29) is 29.7 Å². The lowest BCUT2D eigenvalue weighted by Crippen LogP contribution is -2.28. The smallest absolute Gasteiger partial charge is 0.318 e. The number of carbonyl (C=O) groups is 2. The molecule has 3 atom stereocenters. The van der Waals surface area contributed by atoms with Gasteiger partial charge in [0, 0.05) is 5.92 Å². The van der Waals surface area contributed by atoms with Crippen molar-refractivity contribution in [2.24, 2.45) is 17.8 Å². The summed E-state index contributed by atoms with van der Waals surface area (Å²) in [7, 11) is 0. The van der Waals surface area contributed by atoms with E-state index in [0.29, 0.717) is 6.42 Å². The first-order valence-corrected chi connectivity index (χ1v) is 4.88. The number of hydrogen-bond donors (Lipinski definition) is 0. The van der Waals surface area contributed by atoms with Gasteiger partial charge in [-0.1, -0.05) is 23.8 Å². The number of carbonyl (C=O) groups excluding carboxylic acids is 2. The number of ether oxygens (including phenoxy) is 1. The second kappa shape index (κ2) is 2.56. The molecule has 0 N–H and O–H groups in total. The Labute approximate surface area is 81.4 Å². The van der Waals surface area contributed by atoms with Crippen LogP contribution >= 0.6 is 0 Å². The van der Waals surface area contributed by atoms with E-state index in [1.165, 1.54) is 5.57 Å². The molecule has 0 spiro atoms. The Morgan fingerprint density at radius 2 is 2.14 bits per heavy atom. The lowest BCUT2D eigenvalue weighted by atomic mass is 9.74. The third kappa shape index (κ3) is 0.870. The summed E-state index contributed by atoms with van der Waals surface area (Å²) >= 11 is 0. The third-order valence-electron chi connectivity index (χ3n) is 3.36. The molecule has 0 aromatic carbocycles. The summed E-state index contributed by atoms with van der Waals surface area (Å²) < 4.78 is 4.67. The molecule has 1 fully saturated rings. The first-order chi connectivity index (χ1) is 6.77. The Kier molecular flexibility index (Phi) is 1.46. The van der Waals surface area contributed by atoms with E-state index in [4.69, 9.17) is 0 Å². The number of hydrogen-bond acceptors (Lipinski definition) is 3. The normalized spacial score (nSPS) is 39.1. The van der Waals surface area contributed by atoms with Crippen LogP contribution in [0.5, 0.6) is 0 Å². The number of cyclic esters (lactones) is 2. The lowest BCUT2D eigenvalue weighted by Gasteiger charge is -2.24. The zero-order valence-electron chi connectivity index (χ0n) is 7.60. The molecule has 0 amide bonds. The molecule has 1 heterocycles. The highest BCUT2D eigenvalue weighted by atomic mass is 16.6. The maximum atomic E-state index is 11.5. The molecule has 72 valence electrons. The van der Waals surface area contributed by atoms with Crippen molar-refractivity contribution in [2.45, 2.75) is 12.8 Å². The van der Waals surface area contributed by atoms with Crippen molar-refractivity contribution in [3.63, 3.8) is 0 Å². The molecule has 14 heavy (non-hydrogen) atoms. The van der Waals surface area contributed by atoms with Crippen LogP contribution < -0.4 is 0 Å². The van der Waals surface area contributed by atoms with Crippen LogP contribution in [0.2, 0.25) is 0 Å². The van der Waals surface area contributed by atoms with E-state index in [0.717, 1.165) is 6.42 Å². The summed E-state index contributed by atoms with van der Waals surface area (Å²) in [5, 5.41) is 0. The molecule has 3 aliphatic rings. The van der Waals surface area contributed by atoms with E-state index in [9.17, 15) is 9.59 Å². The maximum absolute atomic E-state index is 11.5. The van der Waals surface area contributed by atoms with Crippen LogP contribution in [0.25, 0.3) is 0 Å². The Bertz CT molecular complexity index is 378. The minimum Gasteiger partial charge on any atom is -0.393 e. The van der Waals surface area contributed by atoms with Crippen LogP contribution in [0.4, 0.5) is 0 Å². The van der Waals surface area contributed by atoms with Gasteiger partial charge in [0.2, 0.25) is 0 Å². The Morgan fingerprint density at radius 1 is 1.29 bits per heavy atom. The average Bonchev–Trinajstić information content (AvgIpc) is 2.71. The first kappa shape index (κ1) is 7.97. The molecular formula is C11H10O3. The fraction of sp³-hybridized carbons (Fsp3) is 0.455. The average molecular weight is 190 g/mol. The summed E-state index contributed by atoms with van der Waals surface area (Å²) in [4.78, 5) is 22.8. The number of rotatable bonds is 0. The van der Waals surface area contributed by atoms with Crippen LogP contribution in [0.1, 0.15) is 12.8 Å². The molecule has 1 aliphatic heterocycles. The van der Waals surface area contributed by atoms with Crippen LogP contribution in [0, 0.1) is 17.8 Å². The summed E-state index contributed by atoms with van der Waals surface area (Å²) in [5.41, 5.74) is 1.28. The van der Waals surface area contributed by atoms with Crippen molar-refractivity contribution in [1.29, 1.82) is 0 Å². The summed E-state index contributed by atoms with van der Waals surface area (Å²) in [6.07, 6.45) is 7.78. The topological polar surface area (TPSA) is 43.4 Å². The second-order valence-corrected chi connectivity index (χ2v) is 4.05. The molecule has 3 nitrogen and oxygen atoms in total. The van der Waals surface area contributed by atoms with E-state index >= 15 is 0 Å². The molecule has 3 rings (SSSR count). The minimum atomic E-state index is -0.337. The van der Waals surface area contributed by atoms with Crippen LogP contribution in [-0.4, -0.2) is 11.9 Å². The van der Waals surface area contributed by atoms with Crippen LogP contribution in [0.3, 0.4) is 0 Å². The van der Waals surface area contributed by atoms with E-state index in [2.05, 4.69) is 16.9 Å². The zero-order valence-corrected chi connectivity index (χ0v) is 7.60. The molecule has 1 unspecified atom stereocenters. The lowest BCUT2D eigenvalue weighted by molar-refractivity contribution is -0.153. The van der Waals surface area contributed by atoms with Crippen molar-refractivity contribution in [3.05, 3.63) is 23.8 Å².